The lowest BCUT2D eigenvalue weighted by Gasteiger charge is -2.13. The van der Waals surface area contributed by atoms with Crippen molar-refractivity contribution in [3.63, 3.8) is 0 Å². The van der Waals surface area contributed by atoms with E-state index in [2.05, 4.69) is 27.0 Å². The van der Waals surface area contributed by atoms with Gasteiger partial charge in [0, 0.05) is 0 Å². The highest BCUT2D eigenvalue weighted by molar-refractivity contribution is 5.20. The molecule has 1 unspecified atom stereocenters. The normalized spacial score (nSPS) is 11.4. The summed E-state index contributed by atoms with van der Waals surface area (Å²) in [7, 11) is 0. The van der Waals surface area contributed by atoms with Crippen molar-refractivity contribution in [3.05, 3.63) is 48.8 Å². The van der Waals surface area contributed by atoms with Gasteiger partial charge in [-0.15, -0.1) is 13.2 Å². The molecular weight excluding hydrogens is 187 g/mol. The molecule has 0 aromatic heterocycles. The summed E-state index contributed by atoms with van der Waals surface area (Å²) in [6, 6.07) is 6.90. The number of hydrogen-bond donors (Lipinski definition) is 0. The van der Waals surface area contributed by atoms with Gasteiger partial charge in [0.1, 0.15) is 5.82 Å². The van der Waals surface area contributed by atoms with Crippen LogP contribution in [0.2, 0.25) is 0 Å². The molecule has 0 aliphatic carbocycles. The van der Waals surface area contributed by atoms with Gasteiger partial charge in [-0.2, -0.15) is 0 Å². The molecule has 0 nitrogen and oxygen atoms in total. The van der Waals surface area contributed by atoms with Crippen molar-refractivity contribution in [1.82, 2.24) is 0 Å². The quantitative estimate of drug-likeness (QED) is 0.616. The summed E-state index contributed by atoms with van der Waals surface area (Å²) in [5.41, 5.74) is 1.27. The van der Waals surface area contributed by atoms with E-state index in [0.717, 1.165) is 6.42 Å². The van der Waals surface area contributed by atoms with Crippen LogP contribution in [0, 0.1) is 5.82 Å². The summed E-state index contributed by atoms with van der Waals surface area (Å²) >= 11 is 0. The molecule has 0 radical (unpaired) electrons. The summed E-state index contributed by atoms with van der Waals surface area (Å²) in [4.78, 5) is 0. The summed E-state index contributed by atoms with van der Waals surface area (Å²) in [5, 5.41) is 0. The maximum atomic E-state index is 12.6. The maximum Gasteiger partial charge on any atom is 0.123 e. The SMILES string of the molecule is C=C.CCCC(CC)c1ccc(F)cc1. The van der Waals surface area contributed by atoms with Gasteiger partial charge in [0.25, 0.3) is 0 Å². The van der Waals surface area contributed by atoms with E-state index in [0.29, 0.717) is 5.92 Å². The van der Waals surface area contributed by atoms with Crippen LogP contribution in [-0.4, -0.2) is 0 Å². The first kappa shape index (κ1) is 13.9. The van der Waals surface area contributed by atoms with Gasteiger partial charge < -0.3 is 0 Å². The monoisotopic (exact) mass is 208 g/mol. The fraction of sp³-hybridized carbons (Fsp3) is 0.429. The molecule has 0 amide bonds. The van der Waals surface area contributed by atoms with Crippen LogP contribution in [0.1, 0.15) is 44.6 Å². The Labute approximate surface area is 92.8 Å². The highest BCUT2D eigenvalue weighted by atomic mass is 19.1. The van der Waals surface area contributed by atoms with Crippen molar-refractivity contribution in [2.24, 2.45) is 0 Å². The number of benzene rings is 1. The zero-order valence-corrected chi connectivity index (χ0v) is 9.80. The number of rotatable bonds is 4. The van der Waals surface area contributed by atoms with Gasteiger partial charge in [0.15, 0.2) is 0 Å². The second-order valence-corrected chi connectivity index (χ2v) is 3.45. The molecule has 0 aliphatic rings. The van der Waals surface area contributed by atoms with Gasteiger partial charge >= 0.3 is 0 Å². The molecule has 0 N–H and O–H groups in total. The molecule has 1 atom stereocenters. The first-order valence-electron chi connectivity index (χ1n) is 5.53. The van der Waals surface area contributed by atoms with E-state index >= 15 is 0 Å². The second kappa shape index (κ2) is 8.22. The van der Waals surface area contributed by atoms with E-state index in [1.807, 2.05) is 12.1 Å². The Balaban J connectivity index is 0.000000921. The van der Waals surface area contributed by atoms with Crippen molar-refractivity contribution < 1.29 is 4.39 Å². The Morgan fingerprint density at radius 2 is 1.67 bits per heavy atom. The predicted octanol–water partition coefficient (Wildman–Crippen LogP) is 4.92. The largest absolute Gasteiger partial charge is 0.207 e. The number of hydrogen-bond acceptors (Lipinski definition) is 0. The Morgan fingerprint density at radius 3 is 2.07 bits per heavy atom. The van der Waals surface area contributed by atoms with Crippen molar-refractivity contribution in [3.8, 4) is 0 Å². The minimum absolute atomic E-state index is 0.143. The minimum Gasteiger partial charge on any atom is -0.207 e. The van der Waals surface area contributed by atoms with E-state index in [4.69, 9.17) is 0 Å². The molecular formula is C14H21F. The fourth-order valence-electron chi connectivity index (χ4n) is 1.69. The standard InChI is InChI=1S/C12H17F.C2H4/c1-3-5-10(4-2)11-6-8-12(13)9-7-11;1-2/h6-10H,3-5H2,1-2H3;1-2H2. The van der Waals surface area contributed by atoms with E-state index in [9.17, 15) is 4.39 Å². The third kappa shape index (κ3) is 4.78. The molecule has 1 aromatic carbocycles. The smallest absolute Gasteiger partial charge is 0.123 e. The molecule has 0 spiro atoms. The third-order valence-electron chi connectivity index (χ3n) is 2.47. The molecule has 0 heterocycles. The van der Waals surface area contributed by atoms with Crippen molar-refractivity contribution in [2.75, 3.05) is 0 Å². The van der Waals surface area contributed by atoms with Crippen LogP contribution in [0.3, 0.4) is 0 Å². The van der Waals surface area contributed by atoms with Crippen LogP contribution in [0.25, 0.3) is 0 Å². The van der Waals surface area contributed by atoms with E-state index in [1.165, 1.54) is 18.4 Å². The molecule has 15 heavy (non-hydrogen) atoms. The highest BCUT2D eigenvalue weighted by Crippen LogP contribution is 2.24. The third-order valence-corrected chi connectivity index (χ3v) is 2.47. The predicted molar refractivity (Wildman–Crippen MR) is 65.6 cm³/mol. The summed E-state index contributed by atoms with van der Waals surface area (Å²) in [6.45, 7) is 10.4. The van der Waals surface area contributed by atoms with Crippen LogP contribution < -0.4 is 0 Å². The van der Waals surface area contributed by atoms with Crippen LogP contribution >= 0.6 is 0 Å². The van der Waals surface area contributed by atoms with Crippen LogP contribution in [-0.2, 0) is 0 Å². The summed E-state index contributed by atoms with van der Waals surface area (Å²) in [5.74, 6) is 0.459. The van der Waals surface area contributed by atoms with E-state index < -0.39 is 0 Å². The first-order chi connectivity index (χ1) is 7.27. The summed E-state index contributed by atoms with van der Waals surface area (Å²) < 4.78 is 12.6. The first-order valence-corrected chi connectivity index (χ1v) is 5.53. The van der Waals surface area contributed by atoms with Gasteiger partial charge in [-0.05, 0) is 36.5 Å². The van der Waals surface area contributed by atoms with Crippen LogP contribution in [0.4, 0.5) is 4.39 Å². The van der Waals surface area contributed by atoms with Crippen molar-refractivity contribution in [1.29, 1.82) is 0 Å². The highest BCUT2D eigenvalue weighted by Gasteiger charge is 2.07. The number of halogens is 1. The van der Waals surface area contributed by atoms with Crippen molar-refractivity contribution in [2.45, 2.75) is 39.0 Å². The zero-order valence-electron chi connectivity index (χ0n) is 9.80. The van der Waals surface area contributed by atoms with Crippen LogP contribution in [0.5, 0.6) is 0 Å². The molecule has 0 fully saturated rings. The maximum absolute atomic E-state index is 12.6. The average Bonchev–Trinajstić information content (AvgIpc) is 2.30. The van der Waals surface area contributed by atoms with Crippen molar-refractivity contribution >= 4 is 0 Å². The summed E-state index contributed by atoms with van der Waals surface area (Å²) in [6.07, 6.45) is 3.53. The Morgan fingerprint density at radius 1 is 1.13 bits per heavy atom. The Kier molecular flexibility index (Phi) is 7.61. The van der Waals surface area contributed by atoms with Crippen LogP contribution in [0.15, 0.2) is 37.4 Å². The minimum atomic E-state index is -0.143. The van der Waals surface area contributed by atoms with Gasteiger partial charge in [-0.1, -0.05) is 32.4 Å². The molecule has 1 rings (SSSR count). The van der Waals surface area contributed by atoms with E-state index in [-0.39, 0.29) is 5.82 Å². The molecule has 84 valence electrons. The van der Waals surface area contributed by atoms with Gasteiger partial charge in [-0.25, -0.2) is 4.39 Å². The fourth-order valence-corrected chi connectivity index (χ4v) is 1.69. The molecule has 1 aromatic rings. The molecule has 1 heteroatoms. The zero-order chi connectivity index (χ0) is 11.7. The van der Waals surface area contributed by atoms with Gasteiger partial charge in [-0.3, -0.25) is 0 Å². The lowest BCUT2D eigenvalue weighted by atomic mass is 9.92. The Bertz CT molecular complexity index is 251. The second-order valence-electron chi connectivity index (χ2n) is 3.45. The average molecular weight is 208 g/mol. The molecule has 0 saturated carbocycles. The van der Waals surface area contributed by atoms with Gasteiger partial charge in [0.2, 0.25) is 0 Å². The lowest BCUT2D eigenvalue weighted by molar-refractivity contribution is 0.590. The topological polar surface area (TPSA) is 0 Å². The Hall–Kier alpha value is -1.11. The van der Waals surface area contributed by atoms with Gasteiger partial charge in [0.05, 0.1) is 0 Å². The molecule has 0 saturated heterocycles. The molecule has 0 aliphatic heterocycles. The molecule has 0 bridgehead atoms. The van der Waals surface area contributed by atoms with E-state index in [1.54, 1.807) is 12.1 Å². The lowest BCUT2D eigenvalue weighted by Crippen LogP contribution is -1.96.